The molecule has 1 rings (SSSR count). The maximum Gasteiger partial charge on any atom is 0.146 e. The molecule has 0 N–H and O–H groups in total. The molecule has 2 atom stereocenters. The molecule has 12 heavy (non-hydrogen) atoms. The Morgan fingerprint density at radius 1 is 1.42 bits per heavy atom. The van der Waals surface area contributed by atoms with Crippen molar-refractivity contribution in [2.75, 3.05) is 0 Å². The molecule has 1 fully saturated rings. The normalized spacial score (nSPS) is 32.3. The van der Waals surface area contributed by atoms with Crippen LogP contribution in [0, 0.1) is 39.9 Å². The SMILES string of the molecule is CCC1CC(C)CC1(C#N)C#N. The van der Waals surface area contributed by atoms with Crippen molar-refractivity contribution in [3.05, 3.63) is 0 Å². The van der Waals surface area contributed by atoms with Gasteiger partial charge < -0.3 is 0 Å². The van der Waals surface area contributed by atoms with Gasteiger partial charge >= 0.3 is 0 Å². The Bertz CT molecular complexity index is 230. The zero-order chi connectivity index (χ0) is 9.19. The van der Waals surface area contributed by atoms with Crippen LogP contribution in [0.25, 0.3) is 0 Å². The number of hydrogen-bond donors (Lipinski definition) is 0. The van der Waals surface area contributed by atoms with Crippen LogP contribution in [-0.4, -0.2) is 0 Å². The van der Waals surface area contributed by atoms with E-state index in [1.54, 1.807) is 0 Å². The second-order valence-electron chi connectivity index (χ2n) is 3.85. The number of hydrogen-bond acceptors (Lipinski definition) is 2. The van der Waals surface area contributed by atoms with Crippen LogP contribution in [0.4, 0.5) is 0 Å². The molecule has 0 heterocycles. The van der Waals surface area contributed by atoms with Crippen molar-refractivity contribution in [2.45, 2.75) is 33.1 Å². The standard InChI is InChI=1S/C10H14N2/c1-3-9-4-8(2)5-10(9,6-11)7-12/h8-9H,3-5H2,1-2H3. The Kier molecular flexibility index (Phi) is 2.38. The smallest absolute Gasteiger partial charge is 0.146 e. The second-order valence-corrected chi connectivity index (χ2v) is 3.85. The van der Waals surface area contributed by atoms with Crippen LogP contribution in [0.3, 0.4) is 0 Å². The number of nitriles is 2. The molecule has 0 bridgehead atoms. The Balaban J connectivity index is 2.90. The average molecular weight is 162 g/mol. The van der Waals surface area contributed by atoms with E-state index >= 15 is 0 Å². The van der Waals surface area contributed by atoms with Crippen molar-refractivity contribution in [2.24, 2.45) is 17.3 Å². The molecule has 0 aromatic rings. The highest BCUT2D eigenvalue weighted by molar-refractivity contribution is 5.19. The van der Waals surface area contributed by atoms with Gasteiger partial charge in [0.05, 0.1) is 12.1 Å². The highest BCUT2D eigenvalue weighted by Crippen LogP contribution is 2.47. The molecule has 64 valence electrons. The van der Waals surface area contributed by atoms with Crippen molar-refractivity contribution in [1.29, 1.82) is 10.5 Å². The van der Waals surface area contributed by atoms with E-state index < -0.39 is 5.41 Å². The van der Waals surface area contributed by atoms with E-state index in [9.17, 15) is 0 Å². The average Bonchev–Trinajstić information content (AvgIpc) is 2.42. The molecular formula is C10H14N2. The first-order chi connectivity index (χ1) is 5.68. The first kappa shape index (κ1) is 9.07. The largest absolute Gasteiger partial charge is 0.197 e. The van der Waals surface area contributed by atoms with Gasteiger partial charge in [0.1, 0.15) is 5.41 Å². The Morgan fingerprint density at radius 3 is 2.33 bits per heavy atom. The predicted molar refractivity (Wildman–Crippen MR) is 45.8 cm³/mol. The molecule has 1 aliphatic rings. The molecule has 2 unspecified atom stereocenters. The molecule has 0 spiro atoms. The molecule has 0 aliphatic heterocycles. The summed E-state index contributed by atoms with van der Waals surface area (Å²) in [6.07, 6.45) is 2.75. The van der Waals surface area contributed by atoms with E-state index in [2.05, 4.69) is 26.0 Å². The first-order valence-corrected chi connectivity index (χ1v) is 4.51. The summed E-state index contributed by atoms with van der Waals surface area (Å²) >= 11 is 0. The molecule has 0 radical (unpaired) electrons. The van der Waals surface area contributed by atoms with Gasteiger partial charge in [-0.05, 0) is 24.7 Å². The molecule has 0 amide bonds. The van der Waals surface area contributed by atoms with Gasteiger partial charge in [-0.25, -0.2) is 0 Å². The van der Waals surface area contributed by atoms with Crippen molar-refractivity contribution >= 4 is 0 Å². The van der Waals surface area contributed by atoms with Gasteiger partial charge in [-0.1, -0.05) is 20.3 Å². The van der Waals surface area contributed by atoms with Crippen molar-refractivity contribution in [1.82, 2.24) is 0 Å². The topological polar surface area (TPSA) is 47.6 Å². The number of rotatable bonds is 1. The van der Waals surface area contributed by atoms with Gasteiger partial charge in [0.2, 0.25) is 0 Å². The van der Waals surface area contributed by atoms with Crippen molar-refractivity contribution in [3.63, 3.8) is 0 Å². The molecule has 0 aromatic carbocycles. The van der Waals surface area contributed by atoms with E-state index in [4.69, 9.17) is 10.5 Å². The Morgan fingerprint density at radius 2 is 2.00 bits per heavy atom. The summed E-state index contributed by atoms with van der Waals surface area (Å²) < 4.78 is 0. The van der Waals surface area contributed by atoms with Crippen molar-refractivity contribution < 1.29 is 0 Å². The minimum atomic E-state index is -0.672. The summed E-state index contributed by atoms with van der Waals surface area (Å²) in [7, 11) is 0. The lowest BCUT2D eigenvalue weighted by atomic mass is 9.79. The third-order valence-corrected chi connectivity index (χ3v) is 2.95. The minimum Gasteiger partial charge on any atom is -0.197 e. The lowest BCUT2D eigenvalue weighted by Gasteiger charge is -2.18. The molecule has 0 saturated heterocycles. The maximum absolute atomic E-state index is 8.96. The summed E-state index contributed by atoms with van der Waals surface area (Å²) in [6.45, 7) is 4.19. The highest BCUT2D eigenvalue weighted by atomic mass is 14.5. The van der Waals surface area contributed by atoms with E-state index in [1.807, 2.05) is 0 Å². The molecule has 1 saturated carbocycles. The Labute approximate surface area is 73.8 Å². The summed E-state index contributed by atoms with van der Waals surface area (Å²) in [4.78, 5) is 0. The Hall–Kier alpha value is -1.02. The first-order valence-electron chi connectivity index (χ1n) is 4.51. The van der Waals surface area contributed by atoms with Crippen LogP contribution in [0.5, 0.6) is 0 Å². The lowest BCUT2D eigenvalue weighted by molar-refractivity contribution is 0.363. The van der Waals surface area contributed by atoms with E-state index in [-0.39, 0.29) is 0 Å². The van der Waals surface area contributed by atoms with Crippen LogP contribution in [0.2, 0.25) is 0 Å². The fourth-order valence-electron chi connectivity index (χ4n) is 2.30. The van der Waals surface area contributed by atoms with Gasteiger partial charge in [-0.15, -0.1) is 0 Å². The predicted octanol–water partition coefficient (Wildman–Crippen LogP) is 2.48. The lowest BCUT2D eigenvalue weighted by Crippen LogP contribution is -2.20. The monoisotopic (exact) mass is 162 g/mol. The van der Waals surface area contributed by atoms with Crippen LogP contribution >= 0.6 is 0 Å². The van der Waals surface area contributed by atoms with Gasteiger partial charge in [0.25, 0.3) is 0 Å². The zero-order valence-electron chi connectivity index (χ0n) is 7.67. The van der Waals surface area contributed by atoms with Gasteiger partial charge in [-0.2, -0.15) is 10.5 Å². The molecule has 2 heteroatoms. The van der Waals surface area contributed by atoms with E-state index in [0.29, 0.717) is 11.8 Å². The summed E-state index contributed by atoms with van der Waals surface area (Å²) in [6, 6.07) is 4.39. The second kappa shape index (κ2) is 3.15. The summed E-state index contributed by atoms with van der Waals surface area (Å²) in [5.74, 6) is 0.830. The third-order valence-electron chi connectivity index (χ3n) is 2.95. The zero-order valence-corrected chi connectivity index (χ0v) is 7.67. The fraction of sp³-hybridized carbons (Fsp3) is 0.800. The van der Waals surface area contributed by atoms with Crippen LogP contribution in [0.1, 0.15) is 33.1 Å². The van der Waals surface area contributed by atoms with Gasteiger partial charge in [0, 0.05) is 0 Å². The van der Waals surface area contributed by atoms with Gasteiger partial charge in [-0.3, -0.25) is 0 Å². The third kappa shape index (κ3) is 1.18. The van der Waals surface area contributed by atoms with E-state index in [0.717, 1.165) is 19.3 Å². The molecule has 2 nitrogen and oxygen atoms in total. The maximum atomic E-state index is 8.96. The fourth-order valence-corrected chi connectivity index (χ4v) is 2.30. The van der Waals surface area contributed by atoms with Crippen LogP contribution < -0.4 is 0 Å². The summed E-state index contributed by atoms with van der Waals surface area (Å²) in [5.41, 5.74) is -0.672. The number of nitrogens with zero attached hydrogens (tertiary/aromatic N) is 2. The highest BCUT2D eigenvalue weighted by Gasteiger charge is 2.45. The van der Waals surface area contributed by atoms with Gasteiger partial charge in [0.15, 0.2) is 0 Å². The minimum absolute atomic E-state index is 0.294. The van der Waals surface area contributed by atoms with Crippen LogP contribution in [0.15, 0.2) is 0 Å². The van der Waals surface area contributed by atoms with E-state index in [1.165, 1.54) is 0 Å². The van der Waals surface area contributed by atoms with Crippen molar-refractivity contribution in [3.8, 4) is 12.1 Å². The quantitative estimate of drug-likeness (QED) is 0.594. The molecule has 0 aromatic heterocycles. The molecule has 1 aliphatic carbocycles. The summed E-state index contributed by atoms with van der Waals surface area (Å²) in [5, 5.41) is 17.9. The molecular weight excluding hydrogens is 148 g/mol. The van der Waals surface area contributed by atoms with Crippen LogP contribution in [-0.2, 0) is 0 Å².